The highest BCUT2D eigenvalue weighted by molar-refractivity contribution is 8.14. The molecule has 1 saturated carbocycles. The number of ether oxygens (including phenoxy) is 2. The van der Waals surface area contributed by atoms with E-state index in [2.05, 4.69) is 53.3 Å². The lowest BCUT2D eigenvalue weighted by molar-refractivity contribution is 0.101. The van der Waals surface area contributed by atoms with Crippen molar-refractivity contribution in [3.63, 3.8) is 0 Å². The van der Waals surface area contributed by atoms with Gasteiger partial charge in [-0.1, -0.05) is 18.7 Å². The zero-order chi connectivity index (χ0) is 16.9. The summed E-state index contributed by atoms with van der Waals surface area (Å²) in [5.41, 5.74) is 2.40. The zero-order valence-corrected chi connectivity index (χ0v) is 15.5. The molecule has 24 heavy (non-hydrogen) atoms. The molecule has 0 aromatic heterocycles. The first kappa shape index (κ1) is 17.6. The van der Waals surface area contributed by atoms with Crippen molar-refractivity contribution in [1.82, 2.24) is 0 Å². The van der Waals surface area contributed by atoms with E-state index in [4.69, 9.17) is 9.47 Å². The zero-order valence-electron chi connectivity index (χ0n) is 14.7. The Kier molecular flexibility index (Phi) is 6.03. The van der Waals surface area contributed by atoms with E-state index < -0.39 is 0 Å². The summed E-state index contributed by atoms with van der Waals surface area (Å²) < 4.78 is 11.4. The van der Waals surface area contributed by atoms with Crippen LogP contribution in [-0.2, 0) is 9.47 Å². The molecule has 132 valence electrons. The number of hydrogen-bond donors (Lipinski definition) is 1. The van der Waals surface area contributed by atoms with E-state index in [0.29, 0.717) is 12.0 Å². The summed E-state index contributed by atoms with van der Waals surface area (Å²) in [5, 5.41) is 4.27. The third kappa shape index (κ3) is 4.88. The van der Waals surface area contributed by atoms with Crippen molar-refractivity contribution in [2.24, 2.45) is 10.9 Å². The minimum atomic E-state index is 0.110. The molecule has 6 heteroatoms. The summed E-state index contributed by atoms with van der Waals surface area (Å²) in [6.45, 7) is 7.84. The first-order valence-electron chi connectivity index (χ1n) is 8.64. The van der Waals surface area contributed by atoms with Gasteiger partial charge >= 0.3 is 0 Å². The molecule has 1 saturated heterocycles. The van der Waals surface area contributed by atoms with E-state index >= 15 is 0 Å². The van der Waals surface area contributed by atoms with Gasteiger partial charge in [0.2, 0.25) is 0 Å². The highest BCUT2D eigenvalue weighted by Crippen LogP contribution is 2.35. The monoisotopic (exact) mass is 349 g/mol. The van der Waals surface area contributed by atoms with Crippen LogP contribution in [0.15, 0.2) is 29.3 Å². The molecular weight excluding hydrogens is 322 g/mol. The highest BCUT2D eigenvalue weighted by Gasteiger charge is 2.35. The molecule has 1 aliphatic heterocycles. The molecule has 3 atom stereocenters. The quantitative estimate of drug-likeness (QED) is 0.501. The van der Waals surface area contributed by atoms with Crippen molar-refractivity contribution < 1.29 is 9.47 Å². The molecular formula is C18H27N3O2S. The van der Waals surface area contributed by atoms with Gasteiger partial charge in [-0.15, -0.1) is 0 Å². The smallest absolute Gasteiger partial charge is 0.163 e. The lowest BCUT2D eigenvalue weighted by Gasteiger charge is -2.29. The molecule has 1 aromatic carbocycles. The Hall–Kier alpha value is -1.24. The average Bonchev–Trinajstić information content (AvgIpc) is 3.30. The summed E-state index contributed by atoms with van der Waals surface area (Å²) in [6, 6.07) is 8.50. The van der Waals surface area contributed by atoms with E-state index in [9.17, 15) is 0 Å². The Morgan fingerprint density at radius 2 is 2.00 bits per heavy atom. The number of nitrogens with zero attached hydrogens (tertiary/aromatic N) is 2. The highest BCUT2D eigenvalue weighted by atomic mass is 32.2. The van der Waals surface area contributed by atoms with E-state index in [1.54, 1.807) is 11.8 Å². The standard InChI is InChI=1S/C18H27N3O2S/c1-13-12-17(13)23-14(2)24-18(19-3)20-15-4-6-16(7-5-15)21-8-10-22-11-9-21/h4-7,13-14,17H,8-12H2,1-3H3,(H,19,20)/t13-,14?,17?/m1/s1. The van der Waals surface area contributed by atoms with Gasteiger partial charge in [0, 0.05) is 31.5 Å². The van der Waals surface area contributed by atoms with E-state index in [0.717, 1.165) is 37.2 Å². The van der Waals surface area contributed by atoms with Gasteiger partial charge in [-0.05, 0) is 43.5 Å². The summed E-state index contributed by atoms with van der Waals surface area (Å²) >= 11 is 1.63. The second kappa shape index (κ2) is 8.23. The molecule has 3 rings (SSSR count). The van der Waals surface area contributed by atoms with E-state index in [1.807, 2.05) is 7.05 Å². The van der Waals surface area contributed by atoms with E-state index in [-0.39, 0.29) is 5.44 Å². The molecule has 1 heterocycles. The Morgan fingerprint density at radius 1 is 1.33 bits per heavy atom. The largest absolute Gasteiger partial charge is 0.378 e. The number of rotatable bonds is 5. The first-order valence-corrected chi connectivity index (χ1v) is 9.52. The molecule has 1 aromatic rings. The van der Waals surface area contributed by atoms with Gasteiger partial charge < -0.3 is 19.7 Å². The second-order valence-corrected chi connectivity index (χ2v) is 7.66. The first-order chi connectivity index (χ1) is 11.7. The molecule has 2 fully saturated rings. The molecule has 0 bridgehead atoms. The van der Waals surface area contributed by atoms with Crippen LogP contribution in [0.3, 0.4) is 0 Å². The molecule has 1 aliphatic carbocycles. The minimum Gasteiger partial charge on any atom is -0.378 e. The van der Waals surface area contributed by atoms with Crippen molar-refractivity contribution in [3.8, 4) is 0 Å². The van der Waals surface area contributed by atoms with Crippen LogP contribution in [0.4, 0.5) is 11.4 Å². The summed E-state index contributed by atoms with van der Waals surface area (Å²) in [7, 11) is 1.81. The fraction of sp³-hybridized carbons (Fsp3) is 0.611. The van der Waals surface area contributed by atoms with Gasteiger partial charge in [-0.3, -0.25) is 4.99 Å². The second-order valence-electron chi connectivity index (χ2n) is 6.37. The molecule has 0 radical (unpaired) electrons. The predicted molar refractivity (Wildman–Crippen MR) is 102 cm³/mol. The van der Waals surface area contributed by atoms with Crippen molar-refractivity contribution in [3.05, 3.63) is 24.3 Å². The number of aliphatic imine (C=N–C) groups is 1. The van der Waals surface area contributed by atoms with Crippen LogP contribution in [0.25, 0.3) is 0 Å². The van der Waals surface area contributed by atoms with Crippen LogP contribution in [-0.4, -0.2) is 50.1 Å². The van der Waals surface area contributed by atoms with Crippen molar-refractivity contribution in [2.75, 3.05) is 43.6 Å². The van der Waals surface area contributed by atoms with Gasteiger partial charge in [0.1, 0.15) is 5.44 Å². The van der Waals surface area contributed by atoms with Gasteiger partial charge in [0.25, 0.3) is 0 Å². The van der Waals surface area contributed by atoms with Gasteiger partial charge in [0.15, 0.2) is 5.17 Å². The Bertz CT molecular complexity index is 558. The average molecular weight is 350 g/mol. The minimum absolute atomic E-state index is 0.110. The van der Waals surface area contributed by atoms with Crippen LogP contribution in [0.1, 0.15) is 20.3 Å². The SMILES string of the molecule is CN=C(Nc1ccc(N2CCOCC2)cc1)SC(C)OC1C[C@H]1C. The normalized spacial score (nSPS) is 25.5. The number of benzene rings is 1. The predicted octanol–water partition coefficient (Wildman–Crippen LogP) is 3.43. The summed E-state index contributed by atoms with van der Waals surface area (Å²) in [5.74, 6) is 0.704. The number of amidine groups is 1. The van der Waals surface area contributed by atoms with Crippen molar-refractivity contribution >= 4 is 28.3 Å². The Labute approximate surface area is 148 Å². The van der Waals surface area contributed by atoms with Gasteiger partial charge in [-0.25, -0.2) is 0 Å². The van der Waals surface area contributed by atoms with Crippen LogP contribution in [0.5, 0.6) is 0 Å². The Balaban J connectivity index is 1.51. The number of anilines is 2. The fourth-order valence-corrected chi connectivity index (χ4v) is 3.54. The number of nitrogens with one attached hydrogen (secondary N) is 1. The molecule has 0 amide bonds. The maximum absolute atomic E-state index is 5.97. The lowest BCUT2D eigenvalue weighted by atomic mass is 10.2. The number of morpholine rings is 1. The third-order valence-electron chi connectivity index (χ3n) is 4.38. The molecule has 0 spiro atoms. The fourth-order valence-electron chi connectivity index (χ4n) is 2.75. The maximum atomic E-state index is 5.97. The van der Waals surface area contributed by atoms with Crippen molar-refractivity contribution in [1.29, 1.82) is 0 Å². The van der Waals surface area contributed by atoms with Crippen LogP contribution < -0.4 is 10.2 Å². The lowest BCUT2D eigenvalue weighted by Crippen LogP contribution is -2.36. The van der Waals surface area contributed by atoms with Crippen LogP contribution >= 0.6 is 11.8 Å². The molecule has 5 nitrogen and oxygen atoms in total. The molecule has 1 N–H and O–H groups in total. The topological polar surface area (TPSA) is 46.1 Å². The number of hydrogen-bond acceptors (Lipinski definition) is 5. The van der Waals surface area contributed by atoms with E-state index in [1.165, 1.54) is 12.1 Å². The van der Waals surface area contributed by atoms with Gasteiger partial charge in [0.05, 0.1) is 19.3 Å². The van der Waals surface area contributed by atoms with Crippen LogP contribution in [0, 0.1) is 5.92 Å². The van der Waals surface area contributed by atoms with Gasteiger partial charge in [-0.2, -0.15) is 0 Å². The summed E-state index contributed by atoms with van der Waals surface area (Å²) in [4.78, 5) is 6.69. The number of thioether (sulfide) groups is 1. The maximum Gasteiger partial charge on any atom is 0.163 e. The third-order valence-corrected chi connectivity index (χ3v) is 5.33. The molecule has 2 aliphatic rings. The Morgan fingerprint density at radius 3 is 2.58 bits per heavy atom. The van der Waals surface area contributed by atoms with Crippen LogP contribution in [0.2, 0.25) is 0 Å². The van der Waals surface area contributed by atoms with Crippen molar-refractivity contribution in [2.45, 2.75) is 31.8 Å². The summed E-state index contributed by atoms with van der Waals surface area (Å²) in [6.07, 6.45) is 1.61. The molecule has 2 unspecified atom stereocenters.